The molecule has 1 aromatic carbocycles. The van der Waals surface area contributed by atoms with Crippen LogP contribution in [0.3, 0.4) is 0 Å². The Morgan fingerprint density at radius 3 is 2.59 bits per heavy atom. The molecule has 0 unspecified atom stereocenters. The SMILES string of the molecule is C=C=CC=CC=COc1ccc(C=C[N+](=O)[O-])cc1OC=C=CC=CC=C. The average molecular weight is 361 g/mol. The van der Waals surface area contributed by atoms with Crippen molar-refractivity contribution in [2.75, 3.05) is 0 Å². The normalized spacial score (nSPS) is 10.7. The number of hydrogen-bond donors (Lipinski definition) is 0. The van der Waals surface area contributed by atoms with Crippen LogP contribution in [0.4, 0.5) is 0 Å². The molecule has 1 rings (SSSR count). The third-order valence-corrected chi connectivity index (χ3v) is 2.76. The van der Waals surface area contributed by atoms with E-state index < -0.39 is 4.92 Å². The van der Waals surface area contributed by atoms with E-state index in [1.807, 2.05) is 0 Å². The second kappa shape index (κ2) is 13.3. The molecule has 0 aliphatic rings. The van der Waals surface area contributed by atoms with Gasteiger partial charge in [-0.05, 0) is 35.9 Å². The molecule has 0 bridgehead atoms. The highest BCUT2D eigenvalue weighted by atomic mass is 16.6. The molecule has 5 heteroatoms. The van der Waals surface area contributed by atoms with Crippen molar-refractivity contribution < 1.29 is 14.4 Å². The minimum absolute atomic E-state index is 0.383. The number of hydrogen-bond acceptors (Lipinski definition) is 4. The Hall–Kier alpha value is -4.04. The van der Waals surface area contributed by atoms with Gasteiger partial charge in [-0.15, -0.1) is 5.73 Å². The monoisotopic (exact) mass is 361 g/mol. The molecule has 5 nitrogen and oxygen atoms in total. The summed E-state index contributed by atoms with van der Waals surface area (Å²) in [6.45, 7) is 7.01. The predicted octanol–water partition coefficient (Wildman–Crippen LogP) is 5.51. The molecule has 0 radical (unpaired) electrons. The van der Waals surface area contributed by atoms with E-state index >= 15 is 0 Å². The van der Waals surface area contributed by atoms with E-state index in [9.17, 15) is 10.1 Å². The number of nitro groups is 1. The summed E-state index contributed by atoms with van der Waals surface area (Å²) in [7, 11) is 0. The van der Waals surface area contributed by atoms with Crippen molar-refractivity contribution in [2.45, 2.75) is 0 Å². The van der Waals surface area contributed by atoms with Crippen LogP contribution in [0.15, 0.2) is 110 Å². The molecule has 0 heterocycles. The van der Waals surface area contributed by atoms with Crippen LogP contribution in [0.1, 0.15) is 5.56 Å². The summed E-state index contributed by atoms with van der Waals surface area (Å²) in [4.78, 5) is 9.94. The minimum Gasteiger partial charge on any atom is -0.461 e. The first-order chi connectivity index (χ1) is 13.2. The average Bonchev–Trinajstić information content (AvgIpc) is 2.66. The fourth-order valence-corrected chi connectivity index (χ4v) is 1.64. The van der Waals surface area contributed by atoms with E-state index in [1.54, 1.807) is 66.8 Å². The molecule has 1 aromatic rings. The number of ether oxygens (including phenoxy) is 2. The van der Waals surface area contributed by atoms with Gasteiger partial charge >= 0.3 is 0 Å². The zero-order valence-electron chi connectivity index (χ0n) is 14.7. The van der Waals surface area contributed by atoms with E-state index in [0.717, 1.165) is 6.20 Å². The van der Waals surface area contributed by atoms with Crippen molar-refractivity contribution in [3.63, 3.8) is 0 Å². The van der Waals surface area contributed by atoms with Crippen molar-refractivity contribution >= 4 is 6.08 Å². The molecule has 0 aliphatic heterocycles. The molecular formula is C22H19NO4. The third-order valence-electron chi connectivity index (χ3n) is 2.76. The zero-order chi connectivity index (χ0) is 19.7. The summed E-state index contributed by atoms with van der Waals surface area (Å²) in [5.41, 5.74) is 6.03. The molecule has 0 fully saturated rings. The molecule has 0 atom stereocenters. The number of rotatable bonds is 10. The topological polar surface area (TPSA) is 61.6 Å². The van der Waals surface area contributed by atoms with Crippen LogP contribution in [0.25, 0.3) is 6.08 Å². The first-order valence-electron chi connectivity index (χ1n) is 7.82. The predicted molar refractivity (Wildman–Crippen MR) is 108 cm³/mol. The van der Waals surface area contributed by atoms with Gasteiger partial charge < -0.3 is 9.47 Å². The van der Waals surface area contributed by atoms with Crippen LogP contribution in [0.2, 0.25) is 0 Å². The third kappa shape index (κ3) is 9.75. The van der Waals surface area contributed by atoms with Gasteiger partial charge in [0.05, 0.1) is 11.2 Å². The Kier molecular flexibility index (Phi) is 10.3. The van der Waals surface area contributed by atoms with Gasteiger partial charge in [0.15, 0.2) is 11.5 Å². The molecule has 0 aliphatic carbocycles. The molecule has 0 aromatic heterocycles. The first-order valence-corrected chi connectivity index (χ1v) is 7.82. The van der Waals surface area contributed by atoms with Crippen LogP contribution in [0.5, 0.6) is 11.5 Å². The Morgan fingerprint density at radius 1 is 1.04 bits per heavy atom. The van der Waals surface area contributed by atoms with Gasteiger partial charge in [0.2, 0.25) is 6.20 Å². The number of allylic oxidation sites excluding steroid dienone is 8. The summed E-state index contributed by atoms with van der Waals surface area (Å²) in [5, 5.41) is 10.5. The largest absolute Gasteiger partial charge is 0.461 e. The van der Waals surface area contributed by atoms with Gasteiger partial charge in [-0.1, -0.05) is 55.3 Å². The summed E-state index contributed by atoms with van der Waals surface area (Å²) >= 11 is 0. The smallest absolute Gasteiger partial charge is 0.235 e. The highest BCUT2D eigenvalue weighted by Gasteiger charge is 2.05. The lowest BCUT2D eigenvalue weighted by atomic mass is 10.2. The van der Waals surface area contributed by atoms with Crippen molar-refractivity contribution in [3.8, 4) is 11.5 Å². The summed E-state index contributed by atoms with van der Waals surface area (Å²) in [6, 6.07) is 4.96. The highest BCUT2D eigenvalue weighted by molar-refractivity contribution is 5.55. The molecular weight excluding hydrogens is 342 g/mol. The second-order valence-electron chi connectivity index (χ2n) is 4.70. The maximum absolute atomic E-state index is 10.5. The molecule has 0 N–H and O–H groups in total. The van der Waals surface area contributed by atoms with E-state index in [0.29, 0.717) is 17.1 Å². The standard InChI is InChI=1S/C22H19NO4/c1-3-5-7-9-11-17-26-21-14-13-20(15-16-23(24)25)19-22(21)27-18-12-10-8-6-4-2/h4-11,13-19H,1-2H2. The van der Waals surface area contributed by atoms with E-state index in [4.69, 9.17) is 9.47 Å². The lowest BCUT2D eigenvalue weighted by molar-refractivity contribution is -0.400. The fourth-order valence-electron chi connectivity index (χ4n) is 1.64. The molecule has 0 saturated heterocycles. The van der Waals surface area contributed by atoms with Crippen molar-refractivity contribution in [1.29, 1.82) is 0 Å². The van der Waals surface area contributed by atoms with Gasteiger partial charge in [0.1, 0.15) is 6.26 Å². The summed E-state index contributed by atoms with van der Waals surface area (Å²) < 4.78 is 11.1. The van der Waals surface area contributed by atoms with E-state index in [-0.39, 0.29) is 0 Å². The maximum atomic E-state index is 10.5. The van der Waals surface area contributed by atoms with Crippen molar-refractivity contribution in [1.82, 2.24) is 0 Å². The maximum Gasteiger partial charge on any atom is 0.235 e. The Bertz CT molecular complexity index is 876. The Labute approximate surface area is 158 Å². The van der Waals surface area contributed by atoms with Gasteiger partial charge in [-0.2, -0.15) is 0 Å². The fraction of sp³-hybridized carbons (Fsp3) is 0. The molecule has 27 heavy (non-hydrogen) atoms. The summed E-state index contributed by atoms with van der Waals surface area (Å²) in [5.74, 6) is 0.825. The quantitative estimate of drug-likeness (QED) is 0.181. The van der Waals surface area contributed by atoms with Crippen LogP contribution in [-0.4, -0.2) is 4.92 Å². The molecule has 0 spiro atoms. The molecule has 0 saturated carbocycles. The second-order valence-corrected chi connectivity index (χ2v) is 4.70. The lowest BCUT2D eigenvalue weighted by Gasteiger charge is -2.07. The number of benzene rings is 1. The first kappa shape index (κ1) is 21.0. The Morgan fingerprint density at radius 2 is 1.85 bits per heavy atom. The van der Waals surface area contributed by atoms with Crippen LogP contribution in [-0.2, 0) is 0 Å². The molecule has 136 valence electrons. The lowest BCUT2D eigenvalue weighted by Crippen LogP contribution is -1.90. The van der Waals surface area contributed by atoms with Gasteiger partial charge in [-0.25, -0.2) is 0 Å². The van der Waals surface area contributed by atoms with Crippen molar-refractivity contribution in [2.24, 2.45) is 0 Å². The van der Waals surface area contributed by atoms with Gasteiger partial charge in [0.25, 0.3) is 0 Å². The molecule has 0 amide bonds. The summed E-state index contributed by atoms with van der Waals surface area (Å²) in [6.07, 6.45) is 18.7. The van der Waals surface area contributed by atoms with Crippen LogP contribution in [0, 0.1) is 10.1 Å². The number of nitrogens with zero attached hydrogens (tertiary/aromatic N) is 1. The Balaban J connectivity index is 2.99. The zero-order valence-corrected chi connectivity index (χ0v) is 14.7. The highest BCUT2D eigenvalue weighted by Crippen LogP contribution is 2.29. The van der Waals surface area contributed by atoms with E-state index in [2.05, 4.69) is 24.6 Å². The minimum atomic E-state index is -0.535. The van der Waals surface area contributed by atoms with E-state index in [1.165, 1.54) is 18.6 Å². The van der Waals surface area contributed by atoms with Crippen molar-refractivity contribution in [3.05, 3.63) is 126 Å². The van der Waals surface area contributed by atoms with Crippen LogP contribution < -0.4 is 9.47 Å². The van der Waals surface area contributed by atoms with Gasteiger partial charge in [-0.3, -0.25) is 10.1 Å². The van der Waals surface area contributed by atoms with Gasteiger partial charge in [0, 0.05) is 6.08 Å². The van der Waals surface area contributed by atoms with Crippen LogP contribution >= 0.6 is 0 Å².